The summed E-state index contributed by atoms with van der Waals surface area (Å²) in [7, 11) is 0. The first-order valence-corrected chi connectivity index (χ1v) is 8.94. The molecule has 1 N–H and O–H groups in total. The van der Waals surface area contributed by atoms with E-state index >= 15 is 0 Å². The number of carbonyl (C=O) groups excluding carboxylic acids is 1. The second-order valence-electron chi connectivity index (χ2n) is 6.81. The van der Waals surface area contributed by atoms with Crippen molar-refractivity contribution in [3.63, 3.8) is 0 Å². The zero-order valence-corrected chi connectivity index (χ0v) is 15.2. The lowest BCUT2D eigenvalue weighted by atomic mass is 10.0. The molecular weight excluding hydrogens is 384 g/mol. The van der Waals surface area contributed by atoms with Crippen molar-refractivity contribution in [2.24, 2.45) is 0 Å². The van der Waals surface area contributed by atoms with E-state index in [1.54, 1.807) is 0 Å². The van der Waals surface area contributed by atoms with Crippen molar-refractivity contribution in [3.05, 3.63) is 65.2 Å². The van der Waals surface area contributed by atoms with Gasteiger partial charge >= 0.3 is 0 Å². The molecule has 0 saturated heterocycles. The maximum Gasteiger partial charge on any atom is 0.292 e. The number of aromatic amines is 1. The molecule has 8 nitrogen and oxygen atoms in total. The van der Waals surface area contributed by atoms with Crippen LogP contribution in [0.25, 0.3) is 11.1 Å². The number of halogens is 2. The molecule has 1 amide bonds. The summed E-state index contributed by atoms with van der Waals surface area (Å²) in [5, 5.41) is 0. The Hall–Kier alpha value is -3.56. The number of amides is 1. The Labute approximate surface area is 162 Å². The number of aryl methyl sites for hydroxylation is 1. The molecule has 1 aliphatic rings. The molecule has 0 fully saturated rings. The highest BCUT2D eigenvalue weighted by atomic mass is 19.3. The molecule has 5 rings (SSSR count). The van der Waals surface area contributed by atoms with E-state index in [4.69, 9.17) is 8.83 Å². The maximum atomic E-state index is 13.2. The van der Waals surface area contributed by atoms with Crippen LogP contribution in [0, 0.1) is 6.92 Å². The van der Waals surface area contributed by atoms with Gasteiger partial charge in [0.1, 0.15) is 5.52 Å². The molecule has 10 heteroatoms. The SMILES string of the molecule is Cc1ccc2nc([C@@H]3c4nc[nH]c4CCN3C(=O)c3ocnc3C(F)F)oc2c1. The number of aromatic nitrogens is 4. The Kier molecular flexibility index (Phi) is 3.93. The number of rotatable bonds is 3. The van der Waals surface area contributed by atoms with E-state index in [0.717, 1.165) is 17.7 Å². The molecule has 0 saturated carbocycles. The van der Waals surface area contributed by atoms with Crippen LogP contribution in [0.1, 0.15) is 51.6 Å². The topological polar surface area (TPSA) is 101 Å². The first-order valence-electron chi connectivity index (χ1n) is 8.94. The van der Waals surface area contributed by atoms with Gasteiger partial charge in [-0.3, -0.25) is 4.79 Å². The Balaban J connectivity index is 1.62. The average molecular weight is 399 g/mol. The second kappa shape index (κ2) is 6.50. The molecular formula is C19H15F2N5O3. The second-order valence-corrected chi connectivity index (χ2v) is 6.81. The Morgan fingerprint density at radius 2 is 2.21 bits per heavy atom. The lowest BCUT2D eigenvalue weighted by molar-refractivity contribution is 0.0620. The van der Waals surface area contributed by atoms with E-state index in [-0.39, 0.29) is 12.4 Å². The number of alkyl halides is 2. The number of nitrogens with zero attached hydrogens (tertiary/aromatic N) is 4. The summed E-state index contributed by atoms with van der Waals surface area (Å²) in [5.74, 6) is -0.948. The van der Waals surface area contributed by atoms with E-state index in [2.05, 4.69) is 19.9 Å². The third-order valence-electron chi connectivity index (χ3n) is 4.98. The van der Waals surface area contributed by atoms with Gasteiger partial charge in [0.25, 0.3) is 12.3 Å². The van der Waals surface area contributed by atoms with E-state index in [1.807, 2.05) is 25.1 Å². The average Bonchev–Trinajstić information content (AvgIpc) is 3.43. The van der Waals surface area contributed by atoms with Gasteiger partial charge in [-0.15, -0.1) is 0 Å². The highest BCUT2D eigenvalue weighted by Crippen LogP contribution is 2.36. The van der Waals surface area contributed by atoms with Gasteiger partial charge in [0.2, 0.25) is 11.7 Å². The first kappa shape index (κ1) is 17.5. The molecule has 4 heterocycles. The van der Waals surface area contributed by atoms with E-state index in [1.165, 1.54) is 11.2 Å². The van der Waals surface area contributed by atoms with Gasteiger partial charge in [-0.2, -0.15) is 0 Å². The van der Waals surface area contributed by atoms with Gasteiger partial charge in [0.15, 0.2) is 23.7 Å². The van der Waals surface area contributed by atoms with Crippen molar-refractivity contribution < 1.29 is 22.4 Å². The molecule has 0 radical (unpaired) electrons. The molecule has 3 aromatic heterocycles. The molecule has 148 valence electrons. The van der Waals surface area contributed by atoms with Gasteiger partial charge in [0, 0.05) is 18.7 Å². The Morgan fingerprint density at radius 3 is 3.03 bits per heavy atom. The van der Waals surface area contributed by atoms with Crippen LogP contribution in [0.4, 0.5) is 8.78 Å². The third kappa shape index (κ3) is 2.79. The molecule has 0 bridgehead atoms. The highest BCUT2D eigenvalue weighted by Gasteiger charge is 2.40. The minimum atomic E-state index is -2.93. The van der Waals surface area contributed by atoms with Crippen molar-refractivity contribution in [1.29, 1.82) is 0 Å². The number of imidazole rings is 1. The smallest absolute Gasteiger partial charge is 0.292 e. The summed E-state index contributed by atoms with van der Waals surface area (Å²) in [5.41, 5.74) is 2.92. The number of nitrogens with one attached hydrogen (secondary N) is 1. The van der Waals surface area contributed by atoms with Crippen molar-refractivity contribution in [3.8, 4) is 0 Å². The molecule has 1 atom stereocenters. The third-order valence-corrected chi connectivity index (χ3v) is 4.98. The summed E-state index contributed by atoms with van der Waals surface area (Å²) < 4.78 is 37.4. The van der Waals surface area contributed by atoms with Gasteiger partial charge in [-0.05, 0) is 24.6 Å². The number of fused-ring (bicyclic) bond motifs is 2. The molecule has 1 aromatic carbocycles. The van der Waals surface area contributed by atoms with Crippen molar-refractivity contribution in [1.82, 2.24) is 24.8 Å². The van der Waals surface area contributed by atoms with Crippen LogP contribution in [-0.4, -0.2) is 37.3 Å². The van der Waals surface area contributed by atoms with E-state index < -0.39 is 29.8 Å². The van der Waals surface area contributed by atoms with Gasteiger partial charge in [-0.1, -0.05) is 6.07 Å². The van der Waals surface area contributed by atoms with E-state index in [0.29, 0.717) is 23.2 Å². The molecule has 29 heavy (non-hydrogen) atoms. The predicted octanol–water partition coefficient (Wildman–Crippen LogP) is 3.57. The number of H-pyrrole nitrogens is 1. The minimum absolute atomic E-state index is 0.250. The van der Waals surface area contributed by atoms with Crippen LogP contribution in [0.2, 0.25) is 0 Å². The summed E-state index contributed by atoms with van der Waals surface area (Å²) in [6.07, 6.45) is -0.0771. The fourth-order valence-electron chi connectivity index (χ4n) is 3.61. The predicted molar refractivity (Wildman–Crippen MR) is 95.4 cm³/mol. The van der Waals surface area contributed by atoms with Crippen LogP contribution >= 0.6 is 0 Å². The number of oxazole rings is 2. The molecule has 1 aliphatic heterocycles. The zero-order chi connectivity index (χ0) is 20.1. The lowest BCUT2D eigenvalue weighted by Gasteiger charge is -2.32. The van der Waals surface area contributed by atoms with Crippen LogP contribution in [-0.2, 0) is 6.42 Å². The Bertz CT molecular complexity index is 1210. The largest absolute Gasteiger partial charge is 0.438 e. The lowest BCUT2D eigenvalue weighted by Crippen LogP contribution is -2.41. The number of carbonyl (C=O) groups is 1. The molecule has 0 aliphatic carbocycles. The standard InChI is InChI=1S/C19H15F2N5O3/c1-9-2-3-10-12(6-9)29-18(25-10)15-13-11(22-7-23-13)4-5-26(15)19(27)16-14(17(20)21)24-8-28-16/h2-3,6-8,15,17H,4-5H2,1H3,(H,22,23)/t15-/m0/s1. The number of hydrogen-bond acceptors (Lipinski definition) is 6. The normalized spacial score (nSPS) is 16.6. The quantitative estimate of drug-likeness (QED) is 0.565. The number of hydrogen-bond donors (Lipinski definition) is 1. The summed E-state index contributed by atoms with van der Waals surface area (Å²) in [4.78, 5) is 29.9. The highest BCUT2D eigenvalue weighted by molar-refractivity contribution is 5.93. The zero-order valence-electron chi connectivity index (χ0n) is 15.2. The Morgan fingerprint density at radius 1 is 1.34 bits per heavy atom. The molecule has 4 aromatic rings. The summed E-state index contributed by atoms with van der Waals surface area (Å²) in [6.45, 7) is 2.18. The minimum Gasteiger partial charge on any atom is -0.438 e. The monoisotopic (exact) mass is 399 g/mol. The molecule has 0 spiro atoms. The van der Waals surface area contributed by atoms with Gasteiger partial charge < -0.3 is 18.7 Å². The van der Waals surface area contributed by atoms with Gasteiger partial charge in [0.05, 0.1) is 12.0 Å². The van der Waals surface area contributed by atoms with Gasteiger partial charge in [-0.25, -0.2) is 23.7 Å². The van der Waals surface area contributed by atoms with Crippen molar-refractivity contribution in [2.45, 2.75) is 25.8 Å². The van der Waals surface area contributed by atoms with Crippen LogP contribution in [0.5, 0.6) is 0 Å². The summed E-state index contributed by atoms with van der Waals surface area (Å²) >= 11 is 0. The number of benzene rings is 1. The van der Waals surface area contributed by atoms with Crippen LogP contribution in [0.15, 0.2) is 39.8 Å². The van der Waals surface area contributed by atoms with E-state index in [9.17, 15) is 13.6 Å². The summed E-state index contributed by atoms with van der Waals surface area (Å²) in [6, 6.07) is 4.80. The first-order chi connectivity index (χ1) is 14.0. The van der Waals surface area contributed by atoms with Crippen LogP contribution in [0.3, 0.4) is 0 Å². The van der Waals surface area contributed by atoms with Crippen LogP contribution < -0.4 is 0 Å². The van der Waals surface area contributed by atoms with Crippen molar-refractivity contribution >= 4 is 17.0 Å². The fraction of sp³-hybridized carbons (Fsp3) is 0.263. The molecule has 0 unspecified atom stereocenters. The van der Waals surface area contributed by atoms with Crippen molar-refractivity contribution in [2.75, 3.05) is 6.54 Å². The fourth-order valence-corrected chi connectivity index (χ4v) is 3.61. The maximum absolute atomic E-state index is 13.2.